The molecule has 0 radical (unpaired) electrons. The number of aryl methyl sites for hydroxylation is 2. The molecular formula is C22H24N2O2. The Morgan fingerprint density at radius 1 is 1.19 bits per heavy atom. The van der Waals surface area contributed by atoms with Crippen LogP contribution in [-0.2, 0) is 16.1 Å². The van der Waals surface area contributed by atoms with Crippen LogP contribution in [0.2, 0.25) is 0 Å². The maximum atomic E-state index is 5.41. The third kappa shape index (κ3) is 3.01. The standard InChI is InChI=1S/C22H24N2O2/c1-15-11-18-13-21(17-7-9-26-10-8-17)24(20(18)12-16(15)2)22-6-4-5-19(23-22)14-25-3/h4-7,9,11-13,17H,8,10,14H2,1-3H3. The maximum Gasteiger partial charge on any atom is 0.137 e. The van der Waals surface area contributed by atoms with Crippen LogP contribution in [0, 0.1) is 13.8 Å². The molecule has 3 heterocycles. The number of aromatic nitrogens is 2. The Morgan fingerprint density at radius 3 is 2.81 bits per heavy atom. The smallest absolute Gasteiger partial charge is 0.137 e. The van der Waals surface area contributed by atoms with Crippen molar-refractivity contribution in [1.82, 2.24) is 9.55 Å². The lowest BCUT2D eigenvalue weighted by Gasteiger charge is -2.20. The zero-order valence-electron chi connectivity index (χ0n) is 15.5. The van der Waals surface area contributed by atoms with E-state index in [4.69, 9.17) is 14.5 Å². The van der Waals surface area contributed by atoms with Gasteiger partial charge in [0.25, 0.3) is 0 Å². The second-order valence-electron chi connectivity index (χ2n) is 6.91. The van der Waals surface area contributed by atoms with Gasteiger partial charge in [0, 0.05) is 24.1 Å². The van der Waals surface area contributed by atoms with Gasteiger partial charge in [-0.1, -0.05) is 6.07 Å². The van der Waals surface area contributed by atoms with E-state index in [0.717, 1.165) is 24.5 Å². The van der Waals surface area contributed by atoms with Crippen molar-refractivity contribution in [2.24, 2.45) is 0 Å². The molecule has 0 saturated carbocycles. The normalized spacial score (nSPS) is 16.8. The molecule has 26 heavy (non-hydrogen) atoms. The van der Waals surface area contributed by atoms with Crippen molar-refractivity contribution in [2.45, 2.75) is 32.8 Å². The van der Waals surface area contributed by atoms with Crippen LogP contribution in [0.25, 0.3) is 16.7 Å². The molecule has 0 amide bonds. The number of hydrogen-bond donors (Lipinski definition) is 0. The van der Waals surface area contributed by atoms with Crippen molar-refractivity contribution >= 4 is 10.9 Å². The molecule has 2 aromatic heterocycles. The van der Waals surface area contributed by atoms with Crippen LogP contribution in [0.4, 0.5) is 0 Å². The van der Waals surface area contributed by atoms with Gasteiger partial charge in [-0.25, -0.2) is 4.98 Å². The fourth-order valence-corrected chi connectivity index (χ4v) is 3.60. The molecular weight excluding hydrogens is 324 g/mol. The van der Waals surface area contributed by atoms with Crippen LogP contribution in [-0.4, -0.2) is 23.3 Å². The number of allylic oxidation sites excluding steroid dienone is 1. The van der Waals surface area contributed by atoms with E-state index in [9.17, 15) is 0 Å². The molecule has 1 atom stereocenters. The molecule has 4 heteroatoms. The average molecular weight is 348 g/mol. The first-order chi connectivity index (χ1) is 12.7. The first-order valence-corrected chi connectivity index (χ1v) is 9.03. The van der Waals surface area contributed by atoms with Crippen molar-refractivity contribution in [3.05, 3.63) is 71.3 Å². The highest BCUT2D eigenvalue weighted by Crippen LogP contribution is 2.33. The Kier molecular flexibility index (Phi) is 4.51. The van der Waals surface area contributed by atoms with Gasteiger partial charge in [-0.05, 0) is 67.8 Å². The molecule has 1 unspecified atom stereocenters. The van der Waals surface area contributed by atoms with E-state index in [2.05, 4.69) is 48.8 Å². The lowest BCUT2D eigenvalue weighted by Crippen LogP contribution is -2.11. The maximum absolute atomic E-state index is 5.41. The summed E-state index contributed by atoms with van der Waals surface area (Å²) in [6.07, 6.45) is 4.94. The summed E-state index contributed by atoms with van der Waals surface area (Å²) in [4.78, 5) is 4.85. The summed E-state index contributed by atoms with van der Waals surface area (Å²) in [6.45, 7) is 5.59. The predicted molar refractivity (Wildman–Crippen MR) is 104 cm³/mol. The predicted octanol–water partition coefficient (Wildman–Crippen LogP) is 4.81. The van der Waals surface area contributed by atoms with Crippen LogP contribution in [0.1, 0.15) is 34.9 Å². The van der Waals surface area contributed by atoms with Crippen molar-refractivity contribution in [1.29, 1.82) is 0 Å². The highest BCUT2D eigenvalue weighted by atomic mass is 16.5. The molecule has 4 nitrogen and oxygen atoms in total. The topological polar surface area (TPSA) is 36.3 Å². The zero-order valence-corrected chi connectivity index (χ0v) is 15.5. The third-order valence-electron chi connectivity index (χ3n) is 5.09. The molecule has 0 fully saturated rings. The van der Waals surface area contributed by atoms with Gasteiger partial charge in [0.2, 0.25) is 0 Å². The summed E-state index contributed by atoms with van der Waals surface area (Å²) in [6, 6.07) is 13.0. The Balaban J connectivity index is 1.95. The molecule has 3 aromatic rings. The minimum Gasteiger partial charge on any atom is -0.501 e. The van der Waals surface area contributed by atoms with Crippen LogP contribution in [0.3, 0.4) is 0 Å². The molecule has 0 spiro atoms. The van der Waals surface area contributed by atoms with E-state index < -0.39 is 0 Å². The molecule has 0 N–H and O–H groups in total. The zero-order chi connectivity index (χ0) is 18.1. The van der Waals surface area contributed by atoms with Crippen molar-refractivity contribution in [3.63, 3.8) is 0 Å². The summed E-state index contributed by atoms with van der Waals surface area (Å²) < 4.78 is 13.0. The van der Waals surface area contributed by atoms with E-state index in [0.29, 0.717) is 12.5 Å². The highest BCUT2D eigenvalue weighted by Gasteiger charge is 2.20. The molecule has 134 valence electrons. The number of hydrogen-bond acceptors (Lipinski definition) is 3. The third-order valence-corrected chi connectivity index (χ3v) is 5.09. The van der Waals surface area contributed by atoms with Gasteiger partial charge >= 0.3 is 0 Å². The fourth-order valence-electron chi connectivity index (χ4n) is 3.60. The summed E-state index contributed by atoms with van der Waals surface area (Å²) in [7, 11) is 1.70. The van der Waals surface area contributed by atoms with Crippen molar-refractivity contribution in [3.8, 4) is 5.82 Å². The molecule has 1 aromatic carbocycles. The Labute approximate surface area is 154 Å². The SMILES string of the molecule is COCc1cccc(-n2c(C3C=COCC3)cc3cc(C)c(C)cc32)n1. The van der Waals surface area contributed by atoms with Gasteiger partial charge in [-0.2, -0.15) is 0 Å². The van der Waals surface area contributed by atoms with Crippen LogP contribution >= 0.6 is 0 Å². The van der Waals surface area contributed by atoms with Crippen LogP contribution in [0.15, 0.2) is 48.7 Å². The number of ether oxygens (including phenoxy) is 2. The van der Waals surface area contributed by atoms with E-state index in [1.165, 1.54) is 27.7 Å². The van der Waals surface area contributed by atoms with Crippen LogP contribution < -0.4 is 0 Å². The summed E-state index contributed by atoms with van der Waals surface area (Å²) >= 11 is 0. The fraction of sp³-hybridized carbons (Fsp3) is 0.318. The Bertz CT molecular complexity index is 972. The Hall–Kier alpha value is -2.59. The largest absolute Gasteiger partial charge is 0.501 e. The first kappa shape index (κ1) is 16.9. The van der Waals surface area contributed by atoms with Crippen LogP contribution in [0.5, 0.6) is 0 Å². The summed E-state index contributed by atoms with van der Waals surface area (Å²) in [5, 5.41) is 1.25. The molecule has 0 aliphatic carbocycles. The van der Waals surface area contributed by atoms with E-state index in [1.807, 2.05) is 18.4 Å². The quantitative estimate of drug-likeness (QED) is 0.679. The lowest BCUT2D eigenvalue weighted by atomic mass is 10.0. The van der Waals surface area contributed by atoms with E-state index >= 15 is 0 Å². The summed E-state index contributed by atoms with van der Waals surface area (Å²) in [5.41, 5.74) is 5.99. The monoisotopic (exact) mass is 348 g/mol. The second kappa shape index (κ2) is 6.96. The first-order valence-electron chi connectivity index (χ1n) is 9.03. The number of nitrogens with zero attached hydrogens (tertiary/aromatic N) is 2. The van der Waals surface area contributed by atoms with E-state index in [1.54, 1.807) is 7.11 Å². The van der Waals surface area contributed by atoms with Gasteiger partial charge < -0.3 is 9.47 Å². The average Bonchev–Trinajstić information content (AvgIpc) is 3.01. The summed E-state index contributed by atoms with van der Waals surface area (Å²) in [5.74, 6) is 1.26. The van der Waals surface area contributed by atoms with E-state index in [-0.39, 0.29) is 0 Å². The molecule has 1 aliphatic heterocycles. The molecule has 0 saturated heterocycles. The number of rotatable bonds is 4. The Morgan fingerprint density at radius 2 is 2.04 bits per heavy atom. The highest BCUT2D eigenvalue weighted by molar-refractivity contribution is 5.85. The van der Waals surface area contributed by atoms with Gasteiger partial charge in [0.1, 0.15) is 5.82 Å². The minimum atomic E-state index is 0.324. The van der Waals surface area contributed by atoms with Gasteiger partial charge in [-0.3, -0.25) is 4.57 Å². The molecule has 1 aliphatic rings. The van der Waals surface area contributed by atoms with Crippen molar-refractivity contribution < 1.29 is 9.47 Å². The number of methoxy groups -OCH3 is 1. The number of fused-ring (bicyclic) bond motifs is 1. The van der Waals surface area contributed by atoms with Gasteiger partial charge in [0.15, 0.2) is 0 Å². The van der Waals surface area contributed by atoms with Crippen molar-refractivity contribution in [2.75, 3.05) is 13.7 Å². The second-order valence-corrected chi connectivity index (χ2v) is 6.91. The van der Waals surface area contributed by atoms with Gasteiger partial charge in [0.05, 0.1) is 30.7 Å². The van der Waals surface area contributed by atoms with Gasteiger partial charge in [-0.15, -0.1) is 0 Å². The number of pyridine rings is 1. The molecule has 0 bridgehead atoms. The minimum absolute atomic E-state index is 0.324. The lowest BCUT2D eigenvalue weighted by molar-refractivity contribution is 0.181. The number of benzene rings is 1. The molecule has 4 rings (SSSR count).